The third-order valence-corrected chi connectivity index (χ3v) is 6.72. The van der Waals surface area contributed by atoms with Gasteiger partial charge in [-0.25, -0.2) is 9.29 Å². The monoisotopic (exact) mass is 500 g/mol. The topological polar surface area (TPSA) is 49.4 Å². The summed E-state index contributed by atoms with van der Waals surface area (Å²) in [6.45, 7) is 4.19. The van der Waals surface area contributed by atoms with Gasteiger partial charge in [0.05, 0.1) is 10.7 Å². The molecule has 4 nitrogen and oxygen atoms in total. The van der Waals surface area contributed by atoms with Crippen molar-refractivity contribution in [3.05, 3.63) is 98.8 Å². The number of amides is 2. The van der Waals surface area contributed by atoms with Crippen LogP contribution in [0, 0.1) is 5.82 Å². The lowest BCUT2D eigenvalue weighted by Gasteiger charge is -2.16. The first-order valence-electron chi connectivity index (χ1n) is 10.1. The summed E-state index contributed by atoms with van der Waals surface area (Å²) in [6.07, 6.45) is 0. The summed E-state index contributed by atoms with van der Waals surface area (Å²) < 4.78 is 13.7. The summed E-state index contributed by atoms with van der Waals surface area (Å²) in [5.41, 5.74) is 2.15. The molecule has 3 aromatic rings. The molecule has 1 heterocycles. The lowest BCUT2D eigenvalue weighted by molar-refractivity contribution is -0.120. The quantitative estimate of drug-likeness (QED) is 0.362. The second kappa shape index (κ2) is 9.59. The highest BCUT2D eigenvalue weighted by Crippen LogP contribution is 2.39. The number of carbonyl (C=O) groups excluding carboxylic acids is 2. The van der Waals surface area contributed by atoms with Crippen molar-refractivity contribution in [3.8, 4) is 0 Å². The van der Waals surface area contributed by atoms with E-state index in [1.165, 1.54) is 12.1 Å². The largest absolute Gasteiger partial charge is 0.350 e. The van der Waals surface area contributed by atoms with Crippen molar-refractivity contribution >= 4 is 58.2 Å². The summed E-state index contributed by atoms with van der Waals surface area (Å²) in [4.78, 5) is 28.7. The second-order valence-electron chi connectivity index (χ2n) is 7.71. The number of rotatable bonds is 6. The van der Waals surface area contributed by atoms with Crippen molar-refractivity contribution in [2.24, 2.45) is 0 Å². The van der Waals surface area contributed by atoms with Gasteiger partial charge in [0.2, 0.25) is 0 Å². The number of benzene rings is 3. The van der Waals surface area contributed by atoms with Crippen molar-refractivity contribution in [2.45, 2.75) is 24.7 Å². The molecule has 168 valence electrons. The van der Waals surface area contributed by atoms with Crippen molar-refractivity contribution in [3.63, 3.8) is 0 Å². The lowest BCUT2D eigenvalue weighted by atomic mass is 10.0. The summed E-state index contributed by atoms with van der Waals surface area (Å²) in [6, 6.07) is 18.4. The minimum atomic E-state index is -0.633. The molecule has 0 saturated heterocycles. The summed E-state index contributed by atoms with van der Waals surface area (Å²) >= 11 is 13.0. The van der Waals surface area contributed by atoms with Gasteiger partial charge in [-0.15, -0.1) is 0 Å². The van der Waals surface area contributed by atoms with Crippen LogP contribution in [0.1, 0.15) is 25.3 Å². The molecular weight excluding hydrogens is 482 g/mol. The zero-order valence-electron chi connectivity index (χ0n) is 17.7. The number of nitrogens with one attached hydrogen (secondary N) is 1. The van der Waals surface area contributed by atoms with Gasteiger partial charge in [-0.3, -0.25) is 9.59 Å². The normalized spacial score (nSPS) is 13.9. The van der Waals surface area contributed by atoms with Crippen LogP contribution in [-0.2, 0) is 9.59 Å². The molecule has 1 aliphatic heterocycles. The Hall–Kier alpha value is -2.80. The van der Waals surface area contributed by atoms with Crippen LogP contribution in [0.15, 0.2) is 82.2 Å². The number of hydrogen-bond donors (Lipinski definition) is 1. The molecule has 0 unspecified atom stereocenters. The molecule has 0 atom stereocenters. The molecule has 3 aromatic carbocycles. The van der Waals surface area contributed by atoms with Gasteiger partial charge in [0, 0.05) is 15.6 Å². The number of imide groups is 1. The van der Waals surface area contributed by atoms with Crippen LogP contribution in [0.3, 0.4) is 0 Å². The van der Waals surface area contributed by atoms with Crippen LogP contribution in [0.5, 0.6) is 0 Å². The SMILES string of the molecule is CC(C)c1ccc(NC2=C(Sc3ccc(Cl)cc3)C(=O)N(c3ccc(F)c(Cl)c3)C2=O)cc1. The highest BCUT2D eigenvalue weighted by atomic mass is 35.5. The molecule has 0 spiro atoms. The van der Waals surface area contributed by atoms with E-state index in [1.54, 1.807) is 24.3 Å². The molecule has 2 amide bonds. The van der Waals surface area contributed by atoms with E-state index in [2.05, 4.69) is 19.2 Å². The van der Waals surface area contributed by atoms with Gasteiger partial charge in [-0.1, -0.05) is 60.9 Å². The van der Waals surface area contributed by atoms with E-state index in [4.69, 9.17) is 23.2 Å². The zero-order valence-corrected chi connectivity index (χ0v) is 20.1. The first-order valence-corrected chi connectivity index (χ1v) is 11.7. The predicted molar refractivity (Wildman–Crippen MR) is 132 cm³/mol. The molecule has 0 fully saturated rings. The van der Waals surface area contributed by atoms with Crippen LogP contribution in [-0.4, -0.2) is 11.8 Å². The molecule has 8 heteroatoms. The number of halogens is 3. The molecule has 33 heavy (non-hydrogen) atoms. The third kappa shape index (κ3) is 4.93. The minimum absolute atomic E-state index is 0.137. The average Bonchev–Trinajstić information content (AvgIpc) is 3.01. The van der Waals surface area contributed by atoms with Gasteiger partial charge in [-0.05, 0) is 66.1 Å². The fourth-order valence-corrected chi connectivity index (χ4v) is 4.52. The van der Waals surface area contributed by atoms with Crippen molar-refractivity contribution in [2.75, 3.05) is 10.2 Å². The van der Waals surface area contributed by atoms with Crippen LogP contribution < -0.4 is 10.2 Å². The first kappa shape index (κ1) is 23.4. The molecule has 0 radical (unpaired) electrons. The summed E-state index contributed by atoms with van der Waals surface area (Å²) in [5.74, 6) is -1.34. The molecule has 1 N–H and O–H groups in total. The predicted octanol–water partition coefficient (Wildman–Crippen LogP) is 7.25. The average molecular weight is 501 g/mol. The number of nitrogens with zero attached hydrogens (tertiary/aromatic N) is 1. The molecule has 1 aliphatic rings. The molecule has 0 aromatic heterocycles. The van der Waals surface area contributed by atoms with E-state index < -0.39 is 17.6 Å². The molecule has 0 aliphatic carbocycles. The number of anilines is 2. The van der Waals surface area contributed by atoms with E-state index in [0.717, 1.165) is 33.2 Å². The van der Waals surface area contributed by atoms with E-state index in [-0.39, 0.29) is 21.3 Å². The van der Waals surface area contributed by atoms with Crippen LogP contribution >= 0.6 is 35.0 Å². The maximum Gasteiger partial charge on any atom is 0.283 e. The van der Waals surface area contributed by atoms with Crippen molar-refractivity contribution in [1.29, 1.82) is 0 Å². The zero-order chi connectivity index (χ0) is 23.7. The highest BCUT2D eigenvalue weighted by molar-refractivity contribution is 8.04. The van der Waals surface area contributed by atoms with Gasteiger partial charge >= 0.3 is 0 Å². The molecule has 0 saturated carbocycles. The Bertz CT molecular complexity index is 1260. The Balaban J connectivity index is 1.72. The van der Waals surface area contributed by atoms with E-state index >= 15 is 0 Å². The lowest BCUT2D eigenvalue weighted by Crippen LogP contribution is -2.32. The second-order valence-corrected chi connectivity index (χ2v) is 9.63. The fourth-order valence-electron chi connectivity index (χ4n) is 3.29. The van der Waals surface area contributed by atoms with Crippen molar-refractivity contribution in [1.82, 2.24) is 0 Å². The standard InChI is InChI=1S/C25H19Cl2FN2O2S/c1-14(2)15-3-7-17(8-4-15)29-22-23(33-19-10-5-16(26)6-11-19)25(32)30(24(22)31)18-9-12-21(28)20(27)13-18/h3-14,29H,1-2H3. The van der Waals surface area contributed by atoms with Crippen LogP contribution in [0.4, 0.5) is 15.8 Å². The Kier molecular flexibility index (Phi) is 6.79. The number of carbonyl (C=O) groups is 2. The van der Waals surface area contributed by atoms with Gasteiger partial charge in [-0.2, -0.15) is 0 Å². The molecular formula is C25H19Cl2FN2O2S. The number of thioether (sulfide) groups is 1. The van der Waals surface area contributed by atoms with Gasteiger partial charge < -0.3 is 5.32 Å². The Labute approximate surface area is 205 Å². The molecule has 0 bridgehead atoms. The number of hydrogen-bond acceptors (Lipinski definition) is 4. The van der Waals surface area contributed by atoms with Crippen molar-refractivity contribution < 1.29 is 14.0 Å². The molecule has 4 rings (SSSR count). The van der Waals surface area contributed by atoms with E-state index in [0.29, 0.717) is 16.6 Å². The Morgan fingerprint density at radius 1 is 0.909 bits per heavy atom. The fraction of sp³-hybridized carbons (Fsp3) is 0.120. The third-order valence-electron chi connectivity index (χ3n) is 5.08. The maximum atomic E-state index is 13.7. The van der Waals surface area contributed by atoms with E-state index in [9.17, 15) is 14.0 Å². The van der Waals surface area contributed by atoms with Gasteiger partial charge in [0.1, 0.15) is 16.4 Å². The Morgan fingerprint density at radius 3 is 2.18 bits per heavy atom. The smallest absolute Gasteiger partial charge is 0.283 e. The van der Waals surface area contributed by atoms with Gasteiger partial charge in [0.15, 0.2) is 0 Å². The first-order chi connectivity index (χ1) is 15.7. The van der Waals surface area contributed by atoms with E-state index in [1.807, 2.05) is 24.3 Å². The summed E-state index contributed by atoms with van der Waals surface area (Å²) in [7, 11) is 0. The van der Waals surface area contributed by atoms with Crippen LogP contribution in [0.25, 0.3) is 0 Å². The highest BCUT2D eigenvalue weighted by Gasteiger charge is 2.40. The minimum Gasteiger partial charge on any atom is -0.350 e. The summed E-state index contributed by atoms with van der Waals surface area (Å²) in [5, 5.41) is 3.50. The van der Waals surface area contributed by atoms with Crippen LogP contribution in [0.2, 0.25) is 10.0 Å². The van der Waals surface area contributed by atoms with Gasteiger partial charge in [0.25, 0.3) is 11.8 Å². The maximum absolute atomic E-state index is 13.7. The Morgan fingerprint density at radius 2 is 1.58 bits per heavy atom.